The van der Waals surface area contributed by atoms with Gasteiger partial charge in [0.2, 0.25) is 10.0 Å². The molecule has 11 heteroatoms. The number of methoxy groups -OCH3 is 2. The van der Waals surface area contributed by atoms with Crippen LogP contribution in [0.5, 0.6) is 11.8 Å². The number of ether oxygens (including phenoxy) is 2. The van der Waals surface area contributed by atoms with Gasteiger partial charge in [0, 0.05) is 0 Å². The van der Waals surface area contributed by atoms with E-state index in [4.69, 9.17) is 32.7 Å². The lowest BCUT2D eigenvalue weighted by Gasteiger charge is -2.24. The fraction of sp³-hybridized carbons (Fsp3) is 0.385. The second-order valence-corrected chi connectivity index (χ2v) is 7.38. The molecular formula is C13H15Cl2N3O5S. The lowest BCUT2D eigenvalue weighted by Crippen LogP contribution is -2.33. The molecule has 0 aliphatic heterocycles. The van der Waals surface area contributed by atoms with E-state index < -0.39 is 16.6 Å². The summed E-state index contributed by atoms with van der Waals surface area (Å²) in [4.78, 5) is 8.46. The minimum absolute atomic E-state index is 0.0177. The molecule has 1 aromatic heterocycles. The summed E-state index contributed by atoms with van der Waals surface area (Å²) < 4.78 is 35.3. The quantitative estimate of drug-likeness (QED) is 0.793. The maximum atomic E-state index is 12.1. The molecule has 0 aliphatic rings. The Balaban J connectivity index is 2.91. The number of rotatable bonds is 6. The van der Waals surface area contributed by atoms with Gasteiger partial charge in [-0.15, -0.1) is 0 Å². The lowest BCUT2D eigenvalue weighted by molar-refractivity contribution is 0.307. The number of halogens is 2. The van der Waals surface area contributed by atoms with Crippen molar-refractivity contribution >= 4 is 49.9 Å². The van der Waals surface area contributed by atoms with Crippen LogP contribution in [0.4, 0.5) is 5.69 Å². The fourth-order valence-electron chi connectivity index (χ4n) is 2.12. The Kier molecular flexibility index (Phi) is 5.59. The van der Waals surface area contributed by atoms with E-state index in [9.17, 15) is 13.5 Å². The Bertz CT molecular complexity index is 876. The van der Waals surface area contributed by atoms with Gasteiger partial charge < -0.3 is 14.6 Å². The molecule has 1 aromatic carbocycles. The largest absolute Gasteiger partial charge is 0.477 e. The fourth-order valence-corrected chi connectivity index (χ4v) is 3.53. The van der Waals surface area contributed by atoms with Crippen LogP contribution < -0.4 is 13.8 Å². The summed E-state index contributed by atoms with van der Waals surface area (Å²) in [5.74, 6) is 0.171. The van der Waals surface area contributed by atoms with Crippen LogP contribution in [0, 0.1) is 0 Å². The van der Waals surface area contributed by atoms with Crippen LogP contribution >= 0.6 is 23.2 Å². The van der Waals surface area contributed by atoms with Gasteiger partial charge in [-0.05, 0) is 6.07 Å². The minimum atomic E-state index is -3.76. The summed E-state index contributed by atoms with van der Waals surface area (Å²) in [6.07, 6.45) is 0.986. The van der Waals surface area contributed by atoms with Gasteiger partial charge >= 0.3 is 0 Å². The summed E-state index contributed by atoms with van der Waals surface area (Å²) in [6, 6.07) is 1.44. The molecule has 0 spiro atoms. The third-order valence-corrected chi connectivity index (χ3v) is 5.05. The Labute approximate surface area is 149 Å². The SMILES string of the molecule is COc1nc2cc(Cl)c(Cl)c(N(CCO)S(C)(=O)=O)c2nc1OC. The van der Waals surface area contributed by atoms with Crippen LogP contribution in [-0.2, 0) is 10.0 Å². The van der Waals surface area contributed by atoms with Crippen molar-refractivity contribution in [2.24, 2.45) is 0 Å². The average Bonchev–Trinajstić information content (AvgIpc) is 2.52. The molecule has 132 valence electrons. The highest BCUT2D eigenvalue weighted by Gasteiger charge is 2.26. The van der Waals surface area contributed by atoms with Crippen LogP contribution in [0.2, 0.25) is 10.0 Å². The van der Waals surface area contributed by atoms with Crippen molar-refractivity contribution < 1.29 is 23.0 Å². The van der Waals surface area contributed by atoms with Gasteiger partial charge in [0.1, 0.15) is 5.52 Å². The zero-order valence-electron chi connectivity index (χ0n) is 13.1. The first-order valence-corrected chi connectivity index (χ1v) is 9.21. The van der Waals surface area contributed by atoms with Gasteiger partial charge in [-0.2, -0.15) is 0 Å². The van der Waals surface area contributed by atoms with Crippen LogP contribution in [-0.4, -0.2) is 57.1 Å². The standard InChI is InChI=1S/C13H15Cl2N3O5S/c1-22-12-13(23-2)17-10-8(16-12)6-7(14)9(15)11(10)18(4-5-19)24(3,20)21/h6,19H,4-5H2,1-3H3. The predicted octanol–water partition coefficient (Wildman–Crippen LogP) is 1.71. The van der Waals surface area contributed by atoms with Crippen molar-refractivity contribution in [2.75, 3.05) is 37.9 Å². The van der Waals surface area contributed by atoms with E-state index in [1.165, 1.54) is 20.3 Å². The number of aliphatic hydroxyl groups is 1. The molecule has 1 heterocycles. The van der Waals surface area contributed by atoms with Crippen LogP contribution in [0.3, 0.4) is 0 Å². The van der Waals surface area contributed by atoms with E-state index in [0.29, 0.717) is 0 Å². The molecule has 24 heavy (non-hydrogen) atoms. The van der Waals surface area contributed by atoms with E-state index in [-0.39, 0.29) is 45.1 Å². The van der Waals surface area contributed by atoms with E-state index >= 15 is 0 Å². The number of hydrogen-bond donors (Lipinski definition) is 1. The smallest absolute Gasteiger partial charge is 0.278 e. The Morgan fingerprint density at radius 2 is 1.79 bits per heavy atom. The van der Waals surface area contributed by atoms with Gasteiger partial charge in [0.25, 0.3) is 11.8 Å². The Morgan fingerprint density at radius 1 is 1.21 bits per heavy atom. The normalized spacial score (nSPS) is 11.6. The number of anilines is 1. The maximum Gasteiger partial charge on any atom is 0.278 e. The summed E-state index contributed by atoms with van der Waals surface area (Å²) >= 11 is 12.3. The molecule has 0 saturated heterocycles. The second kappa shape index (κ2) is 7.14. The van der Waals surface area contributed by atoms with E-state index in [0.717, 1.165) is 10.6 Å². The number of nitrogens with zero attached hydrogens (tertiary/aromatic N) is 3. The highest BCUT2D eigenvalue weighted by molar-refractivity contribution is 7.92. The molecule has 0 aliphatic carbocycles. The first-order valence-electron chi connectivity index (χ1n) is 6.60. The first kappa shape index (κ1) is 18.8. The van der Waals surface area contributed by atoms with Crippen LogP contribution in [0.15, 0.2) is 6.07 Å². The molecule has 0 saturated carbocycles. The van der Waals surface area contributed by atoms with Gasteiger partial charge in [-0.3, -0.25) is 4.31 Å². The highest BCUT2D eigenvalue weighted by Crippen LogP contribution is 2.41. The molecule has 0 bridgehead atoms. The topological polar surface area (TPSA) is 102 Å². The summed E-state index contributed by atoms with van der Waals surface area (Å²) in [6.45, 7) is -0.637. The van der Waals surface area contributed by atoms with Crippen molar-refractivity contribution in [3.63, 3.8) is 0 Å². The molecule has 2 rings (SSSR count). The van der Waals surface area contributed by atoms with Crippen LogP contribution in [0.25, 0.3) is 11.0 Å². The predicted molar refractivity (Wildman–Crippen MR) is 91.9 cm³/mol. The van der Waals surface area contributed by atoms with E-state index in [1.807, 2.05) is 0 Å². The van der Waals surface area contributed by atoms with Gasteiger partial charge in [0.15, 0.2) is 0 Å². The zero-order valence-corrected chi connectivity index (χ0v) is 15.4. The minimum Gasteiger partial charge on any atom is -0.477 e. The highest BCUT2D eigenvalue weighted by atomic mass is 35.5. The lowest BCUT2D eigenvalue weighted by atomic mass is 10.2. The number of hydrogen-bond acceptors (Lipinski definition) is 7. The maximum absolute atomic E-state index is 12.1. The summed E-state index contributed by atoms with van der Waals surface area (Å²) in [5.41, 5.74) is 0.439. The molecule has 0 amide bonds. The molecular weight excluding hydrogens is 381 g/mol. The number of fused-ring (bicyclic) bond motifs is 1. The Morgan fingerprint density at radius 3 is 2.29 bits per heavy atom. The van der Waals surface area contributed by atoms with Crippen molar-refractivity contribution in [2.45, 2.75) is 0 Å². The third kappa shape index (κ3) is 3.44. The van der Waals surface area contributed by atoms with Crippen molar-refractivity contribution in [3.8, 4) is 11.8 Å². The Hall–Kier alpha value is -1.55. The molecule has 8 nitrogen and oxygen atoms in total. The molecule has 0 fully saturated rings. The second-order valence-electron chi connectivity index (χ2n) is 4.69. The summed E-state index contributed by atoms with van der Waals surface area (Å²) in [7, 11) is -0.989. The monoisotopic (exact) mass is 395 g/mol. The van der Waals surface area contributed by atoms with Crippen LogP contribution in [0.1, 0.15) is 0 Å². The molecule has 0 atom stereocenters. The number of aromatic nitrogens is 2. The third-order valence-electron chi connectivity index (χ3n) is 3.11. The van der Waals surface area contributed by atoms with Gasteiger partial charge in [-0.25, -0.2) is 18.4 Å². The van der Waals surface area contributed by atoms with E-state index in [2.05, 4.69) is 9.97 Å². The van der Waals surface area contributed by atoms with Gasteiger partial charge in [0.05, 0.1) is 54.9 Å². The zero-order chi connectivity index (χ0) is 18.1. The van der Waals surface area contributed by atoms with Crippen molar-refractivity contribution in [3.05, 3.63) is 16.1 Å². The molecule has 1 N–H and O–H groups in total. The molecule has 0 radical (unpaired) electrons. The first-order chi connectivity index (χ1) is 11.2. The van der Waals surface area contributed by atoms with Crippen molar-refractivity contribution in [1.82, 2.24) is 9.97 Å². The molecule has 2 aromatic rings. The number of aliphatic hydroxyl groups excluding tert-OH is 1. The van der Waals surface area contributed by atoms with Crippen molar-refractivity contribution in [1.29, 1.82) is 0 Å². The van der Waals surface area contributed by atoms with E-state index in [1.54, 1.807) is 0 Å². The van der Waals surface area contributed by atoms with Gasteiger partial charge in [-0.1, -0.05) is 23.2 Å². The number of sulfonamides is 1. The average molecular weight is 396 g/mol. The summed E-state index contributed by atoms with van der Waals surface area (Å²) in [5, 5.41) is 9.28. The molecule has 0 unspecified atom stereocenters. The number of benzene rings is 1.